The van der Waals surface area contributed by atoms with Gasteiger partial charge in [-0.15, -0.1) is 5.10 Å². The molecule has 0 aliphatic carbocycles. The molecule has 11 heteroatoms. The lowest BCUT2D eigenvalue weighted by Crippen LogP contribution is -2.54. The maximum absolute atomic E-state index is 12.0. The molecule has 2 heterocycles. The van der Waals surface area contributed by atoms with Gasteiger partial charge >= 0.3 is 6.03 Å². The van der Waals surface area contributed by atoms with Crippen molar-refractivity contribution >= 4 is 32.8 Å². The van der Waals surface area contributed by atoms with Gasteiger partial charge in [-0.3, -0.25) is 5.32 Å². The summed E-state index contributed by atoms with van der Waals surface area (Å²) in [6.45, 7) is 4.77. The van der Waals surface area contributed by atoms with Crippen LogP contribution >= 0.6 is 11.5 Å². The van der Waals surface area contributed by atoms with Gasteiger partial charge in [-0.2, -0.15) is 17.4 Å². The number of amides is 2. The number of hydrogen-bond donors (Lipinski definition) is 2. The summed E-state index contributed by atoms with van der Waals surface area (Å²) in [5.41, 5.74) is 0. The second-order valence-electron chi connectivity index (χ2n) is 4.88. The number of hydrogen-bond acceptors (Lipinski definition) is 6. The van der Waals surface area contributed by atoms with Crippen LogP contribution in [0.4, 0.5) is 9.80 Å². The molecule has 0 radical (unpaired) electrons. The van der Waals surface area contributed by atoms with E-state index in [4.69, 9.17) is 0 Å². The molecule has 1 aliphatic heterocycles. The number of nitrogens with zero attached hydrogens (tertiary/aromatic N) is 4. The maximum atomic E-state index is 12.0. The molecule has 9 nitrogen and oxygen atoms in total. The second-order valence-corrected chi connectivity index (χ2v) is 7.36. The maximum Gasteiger partial charge on any atom is 0.322 e. The van der Waals surface area contributed by atoms with E-state index in [9.17, 15) is 13.2 Å². The number of carbonyl (C=O) groups excluding carboxylic acids is 1. The van der Waals surface area contributed by atoms with Gasteiger partial charge in [-0.05, 0) is 13.8 Å². The summed E-state index contributed by atoms with van der Waals surface area (Å²) in [6, 6.07) is -0.426. The van der Waals surface area contributed by atoms with E-state index < -0.39 is 10.2 Å². The molecule has 118 valence electrons. The van der Waals surface area contributed by atoms with Crippen LogP contribution in [-0.2, 0) is 10.2 Å². The fourth-order valence-corrected chi connectivity index (χ4v) is 3.71. The fourth-order valence-electron chi connectivity index (χ4n) is 1.91. The van der Waals surface area contributed by atoms with Crippen LogP contribution in [0.2, 0.25) is 0 Å². The largest absolute Gasteiger partial charge is 0.322 e. The van der Waals surface area contributed by atoms with Gasteiger partial charge < -0.3 is 4.90 Å². The third-order valence-electron chi connectivity index (χ3n) is 2.84. The van der Waals surface area contributed by atoms with E-state index in [2.05, 4.69) is 19.6 Å². The zero-order valence-electron chi connectivity index (χ0n) is 11.8. The molecule has 2 rings (SSSR count). The van der Waals surface area contributed by atoms with Crippen molar-refractivity contribution in [1.29, 1.82) is 0 Å². The molecule has 1 fully saturated rings. The topological polar surface area (TPSA) is 108 Å². The van der Waals surface area contributed by atoms with Gasteiger partial charge in [0.15, 0.2) is 0 Å². The normalized spacial score (nSPS) is 17.2. The Kier molecular flexibility index (Phi) is 5.08. The number of aromatic nitrogens is 2. The molecule has 1 saturated heterocycles. The van der Waals surface area contributed by atoms with Crippen LogP contribution in [0.3, 0.4) is 0 Å². The van der Waals surface area contributed by atoms with Crippen molar-refractivity contribution in [2.45, 2.75) is 19.9 Å². The molecule has 0 spiro atoms. The Morgan fingerprint density at radius 2 is 2.00 bits per heavy atom. The minimum Gasteiger partial charge on any atom is -0.322 e. The van der Waals surface area contributed by atoms with Gasteiger partial charge in [0.2, 0.25) is 0 Å². The fraction of sp³-hybridized carbons (Fsp3) is 0.700. The molecule has 1 aliphatic rings. The van der Waals surface area contributed by atoms with E-state index in [-0.39, 0.29) is 25.2 Å². The number of carbonyl (C=O) groups is 1. The van der Waals surface area contributed by atoms with Crippen molar-refractivity contribution in [3.8, 4) is 0 Å². The highest BCUT2D eigenvalue weighted by molar-refractivity contribution is 7.87. The summed E-state index contributed by atoms with van der Waals surface area (Å²) in [6.07, 6.45) is 1.47. The van der Waals surface area contributed by atoms with Gasteiger partial charge in [-0.1, -0.05) is 4.49 Å². The van der Waals surface area contributed by atoms with Crippen LogP contribution in [0, 0.1) is 0 Å². The molecule has 1 aromatic heterocycles. The third-order valence-corrected chi connectivity index (χ3v) is 5.24. The van der Waals surface area contributed by atoms with E-state index in [1.807, 2.05) is 0 Å². The summed E-state index contributed by atoms with van der Waals surface area (Å²) in [5.74, 6) is 0. The first kappa shape index (κ1) is 16.1. The molecule has 0 atom stereocenters. The van der Waals surface area contributed by atoms with E-state index >= 15 is 0 Å². The quantitative estimate of drug-likeness (QED) is 0.801. The smallest absolute Gasteiger partial charge is 0.322 e. The van der Waals surface area contributed by atoms with Crippen LogP contribution in [0.25, 0.3) is 0 Å². The summed E-state index contributed by atoms with van der Waals surface area (Å²) in [5, 5.41) is 6.87. The Morgan fingerprint density at radius 1 is 1.33 bits per heavy atom. The summed E-state index contributed by atoms with van der Waals surface area (Å²) >= 11 is 1.09. The zero-order valence-corrected chi connectivity index (χ0v) is 13.4. The predicted octanol–water partition coefficient (Wildman–Crippen LogP) is -0.0696. The average molecular weight is 334 g/mol. The van der Waals surface area contributed by atoms with Gasteiger partial charge in [0.1, 0.15) is 5.00 Å². The Labute approximate surface area is 127 Å². The van der Waals surface area contributed by atoms with E-state index in [0.717, 1.165) is 11.5 Å². The zero-order chi connectivity index (χ0) is 15.5. The lowest BCUT2D eigenvalue weighted by atomic mass is 10.4. The van der Waals surface area contributed by atoms with Crippen LogP contribution in [0.1, 0.15) is 13.8 Å². The Balaban J connectivity index is 1.87. The predicted molar refractivity (Wildman–Crippen MR) is 79.3 cm³/mol. The van der Waals surface area contributed by atoms with Crippen molar-refractivity contribution < 1.29 is 13.2 Å². The van der Waals surface area contributed by atoms with E-state index in [0.29, 0.717) is 18.1 Å². The van der Waals surface area contributed by atoms with E-state index in [1.54, 1.807) is 18.7 Å². The molecule has 1 aromatic rings. The molecule has 0 saturated carbocycles. The minimum absolute atomic E-state index is 0.157. The summed E-state index contributed by atoms with van der Waals surface area (Å²) < 4.78 is 31.6. The van der Waals surface area contributed by atoms with Gasteiger partial charge in [-0.25, -0.2) is 4.79 Å². The van der Waals surface area contributed by atoms with Crippen LogP contribution in [0.15, 0.2) is 6.20 Å². The first-order valence-electron chi connectivity index (χ1n) is 6.49. The van der Waals surface area contributed by atoms with E-state index in [1.165, 1.54) is 10.5 Å². The number of rotatable bonds is 4. The molecule has 0 bridgehead atoms. The molecule has 0 unspecified atom stereocenters. The van der Waals surface area contributed by atoms with Gasteiger partial charge in [0.25, 0.3) is 10.2 Å². The van der Waals surface area contributed by atoms with Crippen molar-refractivity contribution in [1.82, 2.24) is 23.5 Å². The Bertz CT molecular complexity index is 566. The molecule has 2 amide bonds. The standard InChI is InChI=1S/C10H18N6O3S2/c1-8(2)13-21(18,19)16-5-3-15(4-6-16)10(17)12-9-7-11-14-20-9/h7-8,13H,3-6H2,1-2H3,(H,12,17). The van der Waals surface area contributed by atoms with Crippen LogP contribution < -0.4 is 10.0 Å². The SMILES string of the molecule is CC(C)NS(=O)(=O)N1CCN(C(=O)Nc2cnns2)CC1. The lowest BCUT2D eigenvalue weighted by Gasteiger charge is -2.34. The number of anilines is 1. The number of nitrogens with one attached hydrogen (secondary N) is 2. The Hall–Kier alpha value is -1.30. The number of piperazine rings is 1. The average Bonchev–Trinajstić information content (AvgIpc) is 2.90. The minimum atomic E-state index is -3.47. The van der Waals surface area contributed by atoms with Crippen LogP contribution in [0.5, 0.6) is 0 Å². The first-order chi connectivity index (χ1) is 9.88. The molecule has 21 heavy (non-hydrogen) atoms. The number of urea groups is 1. The molecular weight excluding hydrogens is 316 g/mol. The van der Waals surface area contributed by atoms with Crippen molar-refractivity contribution in [3.63, 3.8) is 0 Å². The van der Waals surface area contributed by atoms with Crippen molar-refractivity contribution in [2.75, 3.05) is 31.5 Å². The van der Waals surface area contributed by atoms with Gasteiger partial charge in [0.05, 0.1) is 6.20 Å². The summed E-state index contributed by atoms with van der Waals surface area (Å²) in [7, 11) is -3.47. The highest BCUT2D eigenvalue weighted by Crippen LogP contribution is 2.12. The van der Waals surface area contributed by atoms with Crippen molar-refractivity contribution in [2.24, 2.45) is 0 Å². The monoisotopic (exact) mass is 334 g/mol. The lowest BCUT2D eigenvalue weighted by molar-refractivity contribution is 0.183. The summed E-state index contributed by atoms with van der Waals surface area (Å²) in [4.78, 5) is 13.6. The van der Waals surface area contributed by atoms with Crippen LogP contribution in [-0.4, -0.2) is 65.5 Å². The Morgan fingerprint density at radius 3 is 2.52 bits per heavy atom. The highest BCUT2D eigenvalue weighted by Gasteiger charge is 2.29. The molecule has 2 N–H and O–H groups in total. The second kappa shape index (κ2) is 6.64. The first-order valence-corrected chi connectivity index (χ1v) is 8.70. The van der Waals surface area contributed by atoms with Crippen molar-refractivity contribution in [3.05, 3.63) is 6.20 Å². The molecule has 0 aromatic carbocycles. The van der Waals surface area contributed by atoms with Gasteiger partial charge in [0, 0.05) is 43.8 Å². The highest BCUT2D eigenvalue weighted by atomic mass is 32.2. The molecular formula is C10H18N6O3S2. The third kappa shape index (κ3) is 4.33.